The zero-order valence-corrected chi connectivity index (χ0v) is 15.9. The Hall–Kier alpha value is -0.810. The van der Waals surface area contributed by atoms with E-state index in [0.29, 0.717) is 17.3 Å². The van der Waals surface area contributed by atoms with Gasteiger partial charge < -0.3 is 11.1 Å². The van der Waals surface area contributed by atoms with Crippen molar-refractivity contribution in [3.63, 3.8) is 0 Å². The number of halogens is 2. The second kappa shape index (κ2) is 7.84. The molecule has 1 aromatic rings. The third-order valence-corrected chi connectivity index (χ3v) is 4.75. The van der Waals surface area contributed by atoms with Crippen LogP contribution in [-0.4, -0.2) is 36.5 Å². The number of likely N-dealkylation sites (tertiary alicyclic amines) is 1. The molecule has 0 spiro atoms. The molecule has 1 amide bonds. The SMILES string of the molecule is Cc1cc(C)c(NC(=O)CN2CCC(N)C(C)(C)C2)c(Cl)c1.Cl. The minimum Gasteiger partial charge on any atom is -0.327 e. The lowest BCUT2D eigenvalue weighted by molar-refractivity contribution is -0.118. The molecule has 0 saturated carbocycles. The van der Waals surface area contributed by atoms with Crippen LogP contribution in [0.2, 0.25) is 5.02 Å². The Morgan fingerprint density at radius 2 is 2.09 bits per heavy atom. The van der Waals surface area contributed by atoms with E-state index in [-0.39, 0.29) is 29.8 Å². The van der Waals surface area contributed by atoms with Crippen LogP contribution >= 0.6 is 24.0 Å². The molecule has 1 saturated heterocycles. The molecule has 1 unspecified atom stereocenters. The van der Waals surface area contributed by atoms with Crippen LogP contribution in [0.5, 0.6) is 0 Å². The van der Waals surface area contributed by atoms with Gasteiger partial charge in [0.2, 0.25) is 5.91 Å². The molecule has 0 aliphatic carbocycles. The quantitative estimate of drug-likeness (QED) is 0.869. The van der Waals surface area contributed by atoms with E-state index in [4.69, 9.17) is 17.3 Å². The molecule has 130 valence electrons. The molecule has 0 bridgehead atoms. The van der Waals surface area contributed by atoms with Gasteiger partial charge in [-0.1, -0.05) is 31.5 Å². The first-order valence-corrected chi connectivity index (χ1v) is 8.11. The van der Waals surface area contributed by atoms with E-state index in [0.717, 1.165) is 30.6 Å². The lowest BCUT2D eigenvalue weighted by Gasteiger charge is -2.42. The number of rotatable bonds is 3. The maximum Gasteiger partial charge on any atom is 0.238 e. The number of nitrogens with two attached hydrogens (primary N) is 1. The summed E-state index contributed by atoms with van der Waals surface area (Å²) in [7, 11) is 0. The number of aryl methyl sites for hydroxylation is 2. The average molecular weight is 360 g/mol. The fourth-order valence-electron chi connectivity index (χ4n) is 3.08. The van der Waals surface area contributed by atoms with Gasteiger partial charge in [-0.05, 0) is 42.9 Å². The van der Waals surface area contributed by atoms with Crippen molar-refractivity contribution >= 4 is 35.6 Å². The van der Waals surface area contributed by atoms with E-state index in [2.05, 4.69) is 24.1 Å². The van der Waals surface area contributed by atoms with Crippen LogP contribution in [0, 0.1) is 19.3 Å². The molecule has 3 N–H and O–H groups in total. The van der Waals surface area contributed by atoms with E-state index in [9.17, 15) is 4.79 Å². The highest BCUT2D eigenvalue weighted by molar-refractivity contribution is 6.34. The first-order valence-electron chi connectivity index (χ1n) is 7.73. The van der Waals surface area contributed by atoms with Crippen molar-refractivity contribution in [1.29, 1.82) is 0 Å². The fraction of sp³-hybridized carbons (Fsp3) is 0.588. The Morgan fingerprint density at radius 1 is 1.43 bits per heavy atom. The predicted octanol–water partition coefficient (Wildman–Crippen LogP) is 3.38. The number of nitrogens with one attached hydrogen (secondary N) is 1. The summed E-state index contributed by atoms with van der Waals surface area (Å²) >= 11 is 6.24. The van der Waals surface area contributed by atoms with Gasteiger partial charge in [0.15, 0.2) is 0 Å². The highest BCUT2D eigenvalue weighted by Gasteiger charge is 2.33. The highest BCUT2D eigenvalue weighted by atomic mass is 35.5. The lowest BCUT2D eigenvalue weighted by Crippen LogP contribution is -2.53. The summed E-state index contributed by atoms with van der Waals surface area (Å²) in [5, 5.41) is 3.54. The van der Waals surface area contributed by atoms with Crippen LogP contribution in [0.15, 0.2) is 12.1 Å². The third kappa shape index (κ3) is 5.08. The van der Waals surface area contributed by atoms with Crippen LogP contribution < -0.4 is 11.1 Å². The summed E-state index contributed by atoms with van der Waals surface area (Å²) in [4.78, 5) is 14.5. The first-order chi connectivity index (χ1) is 10.2. The Kier molecular flexibility index (Phi) is 6.90. The van der Waals surface area contributed by atoms with Crippen molar-refractivity contribution in [3.8, 4) is 0 Å². The summed E-state index contributed by atoms with van der Waals surface area (Å²) in [6, 6.07) is 4.08. The van der Waals surface area contributed by atoms with E-state index < -0.39 is 0 Å². The maximum atomic E-state index is 12.3. The summed E-state index contributed by atoms with van der Waals surface area (Å²) in [6.07, 6.45) is 0.921. The van der Waals surface area contributed by atoms with Crippen LogP contribution in [0.3, 0.4) is 0 Å². The van der Waals surface area contributed by atoms with E-state index in [1.807, 2.05) is 26.0 Å². The summed E-state index contributed by atoms with van der Waals surface area (Å²) in [5.74, 6) is -0.0277. The molecular formula is C17H27Cl2N3O. The Morgan fingerprint density at radius 3 is 2.65 bits per heavy atom. The van der Waals surface area contributed by atoms with Crippen molar-refractivity contribution in [2.45, 2.75) is 40.2 Å². The van der Waals surface area contributed by atoms with Crippen LogP contribution in [0.25, 0.3) is 0 Å². The Labute approximate surface area is 150 Å². The van der Waals surface area contributed by atoms with Crippen molar-refractivity contribution in [2.75, 3.05) is 25.0 Å². The number of piperidine rings is 1. The Bertz CT molecular complexity index is 552. The number of anilines is 1. The number of hydrogen-bond donors (Lipinski definition) is 2. The second-order valence-electron chi connectivity index (χ2n) is 7.08. The van der Waals surface area contributed by atoms with Gasteiger partial charge in [0.05, 0.1) is 17.3 Å². The molecule has 6 heteroatoms. The molecule has 2 rings (SSSR count). The third-order valence-electron chi connectivity index (χ3n) is 4.45. The first kappa shape index (κ1) is 20.2. The number of hydrogen-bond acceptors (Lipinski definition) is 3. The van der Waals surface area contributed by atoms with Gasteiger partial charge in [-0.2, -0.15) is 0 Å². The normalized spacial score (nSPS) is 20.7. The lowest BCUT2D eigenvalue weighted by atomic mass is 9.80. The van der Waals surface area contributed by atoms with Gasteiger partial charge in [-0.3, -0.25) is 9.69 Å². The molecule has 1 heterocycles. The summed E-state index contributed by atoms with van der Waals surface area (Å²) < 4.78 is 0. The van der Waals surface area contributed by atoms with Crippen molar-refractivity contribution in [1.82, 2.24) is 4.90 Å². The molecule has 1 atom stereocenters. The molecular weight excluding hydrogens is 333 g/mol. The van der Waals surface area contributed by atoms with E-state index in [1.54, 1.807) is 0 Å². The molecule has 1 aliphatic rings. The predicted molar refractivity (Wildman–Crippen MR) is 99.6 cm³/mol. The molecule has 0 aromatic heterocycles. The van der Waals surface area contributed by atoms with Gasteiger partial charge in [-0.25, -0.2) is 0 Å². The van der Waals surface area contributed by atoms with E-state index >= 15 is 0 Å². The largest absolute Gasteiger partial charge is 0.327 e. The number of benzene rings is 1. The van der Waals surface area contributed by atoms with Crippen LogP contribution in [0.1, 0.15) is 31.4 Å². The fourth-order valence-corrected chi connectivity index (χ4v) is 3.44. The molecule has 1 aliphatic heterocycles. The zero-order valence-electron chi connectivity index (χ0n) is 14.3. The highest BCUT2D eigenvalue weighted by Crippen LogP contribution is 2.29. The summed E-state index contributed by atoms with van der Waals surface area (Å²) in [6.45, 7) is 10.3. The van der Waals surface area contributed by atoms with Gasteiger partial charge in [-0.15, -0.1) is 12.4 Å². The molecule has 4 nitrogen and oxygen atoms in total. The second-order valence-corrected chi connectivity index (χ2v) is 7.49. The maximum absolute atomic E-state index is 12.3. The smallest absolute Gasteiger partial charge is 0.238 e. The average Bonchev–Trinajstić information content (AvgIpc) is 2.38. The molecule has 1 fully saturated rings. The Balaban J connectivity index is 0.00000264. The van der Waals surface area contributed by atoms with Gasteiger partial charge in [0, 0.05) is 19.1 Å². The number of amides is 1. The number of carbonyl (C=O) groups is 1. The number of nitrogens with zero attached hydrogens (tertiary/aromatic N) is 1. The van der Waals surface area contributed by atoms with Crippen LogP contribution in [-0.2, 0) is 4.79 Å². The van der Waals surface area contributed by atoms with Gasteiger partial charge in [0.25, 0.3) is 0 Å². The van der Waals surface area contributed by atoms with Crippen molar-refractivity contribution in [2.24, 2.45) is 11.1 Å². The van der Waals surface area contributed by atoms with Gasteiger partial charge >= 0.3 is 0 Å². The van der Waals surface area contributed by atoms with Crippen molar-refractivity contribution < 1.29 is 4.79 Å². The van der Waals surface area contributed by atoms with E-state index in [1.165, 1.54) is 0 Å². The van der Waals surface area contributed by atoms with Gasteiger partial charge in [0.1, 0.15) is 0 Å². The molecule has 23 heavy (non-hydrogen) atoms. The molecule has 1 aromatic carbocycles. The monoisotopic (exact) mass is 359 g/mol. The topological polar surface area (TPSA) is 58.4 Å². The van der Waals surface area contributed by atoms with Crippen LogP contribution in [0.4, 0.5) is 5.69 Å². The molecule has 0 radical (unpaired) electrons. The minimum atomic E-state index is -0.0277. The summed E-state index contributed by atoms with van der Waals surface area (Å²) in [5.41, 5.74) is 8.96. The standard InChI is InChI=1S/C17H26ClN3O.ClH/c1-11-7-12(2)16(13(18)8-11)20-15(22)9-21-6-5-14(19)17(3,4)10-21;/h7-8,14H,5-6,9-10,19H2,1-4H3,(H,20,22);1H. The zero-order chi connectivity index (χ0) is 16.5. The minimum absolute atomic E-state index is 0. The number of carbonyl (C=O) groups excluding carboxylic acids is 1. The van der Waals surface area contributed by atoms with Crippen molar-refractivity contribution in [3.05, 3.63) is 28.3 Å².